The van der Waals surface area contributed by atoms with Crippen LogP contribution >= 0.6 is 0 Å². The number of carbonyl (C=O) groups is 2. The van der Waals surface area contributed by atoms with Crippen molar-refractivity contribution >= 4 is 17.5 Å². The number of para-hydroxylation sites is 1. The monoisotopic (exact) mass is 417 g/mol. The summed E-state index contributed by atoms with van der Waals surface area (Å²) < 4.78 is 13.9. The Labute approximate surface area is 181 Å². The topological polar surface area (TPSA) is 52.7 Å². The van der Waals surface area contributed by atoms with Crippen molar-refractivity contribution in [3.8, 4) is 0 Å². The Morgan fingerprint density at radius 2 is 1.45 bits per heavy atom. The van der Waals surface area contributed by atoms with Gasteiger partial charge in [0.05, 0.1) is 11.3 Å². The Morgan fingerprint density at radius 3 is 2.19 bits per heavy atom. The highest BCUT2D eigenvalue weighted by atomic mass is 19.1. The highest BCUT2D eigenvalue weighted by Gasteiger charge is 2.24. The fourth-order valence-corrected chi connectivity index (χ4v) is 3.71. The molecule has 31 heavy (non-hydrogen) atoms. The summed E-state index contributed by atoms with van der Waals surface area (Å²) in [4.78, 5) is 29.6. The minimum absolute atomic E-state index is 0.116. The predicted octanol–water partition coefficient (Wildman–Crippen LogP) is 4.04. The van der Waals surface area contributed by atoms with Crippen LogP contribution in [0.5, 0.6) is 0 Å². The second-order valence-electron chi connectivity index (χ2n) is 7.53. The molecule has 1 heterocycles. The van der Waals surface area contributed by atoms with Crippen molar-refractivity contribution in [2.45, 2.75) is 6.54 Å². The van der Waals surface area contributed by atoms with E-state index < -0.39 is 0 Å². The molecule has 1 saturated heterocycles. The van der Waals surface area contributed by atoms with Gasteiger partial charge in [-0.05, 0) is 30.3 Å². The molecule has 6 heteroatoms. The van der Waals surface area contributed by atoms with Gasteiger partial charge in [0, 0.05) is 43.9 Å². The molecule has 0 saturated carbocycles. The van der Waals surface area contributed by atoms with Crippen LogP contribution in [0.15, 0.2) is 78.9 Å². The van der Waals surface area contributed by atoms with Crippen LogP contribution in [0.25, 0.3) is 0 Å². The van der Waals surface area contributed by atoms with Crippen LogP contribution in [-0.2, 0) is 6.54 Å². The summed E-state index contributed by atoms with van der Waals surface area (Å²) in [6.07, 6.45) is 0. The average Bonchev–Trinajstić information content (AvgIpc) is 2.81. The highest BCUT2D eigenvalue weighted by molar-refractivity contribution is 6.09. The zero-order valence-electron chi connectivity index (χ0n) is 17.1. The molecule has 0 unspecified atom stereocenters. The molecule has 158 valence electrons. The van der Waals surface area contributed by atoms with Gasteiger partial charge in [0.15, 0.2) is 0 Å². The third-order valence-electron chi connectivity index (χ3n) is 5.45. The van der Waals surface area contributed by atoms with E-state index in [1.165, 1.54) is 6.07 Å². The Morgan fingerprint density at radius 1 is 0.806 bits per heavy atom. The van der Waals surface area contributed by atoms with Crippen molar-refractivity contribution in [1.82, 2.24) is 9.80 Å². The van der Waals surface area contributed by atoms with Gasteiger partial charge in [0.25, 0.3) is 11.8 Å². The van der Waals surface area contributed by atoms with Gasteiger partial charge in [-0.1, -0.05) is 48.5 Å². The fourth-order valence-electron chi connectivity index (χ4n) is 3.71. The molecule has 3 aromatic rings. The molecule has 1 fully saturated rings. The Hall–Kier alpha value is -3.51. The van der Waals surface area contributed by atoms with Crippen LogP contribution in [0.2, 0.25) is 0 Å². The molecule has 1 aliphatic rings. The zero-order chi connectivity index (χ0) is 21.6. The van der Waals surface area contributed by atoms with Gasteiger partial charge in [-0.15, -0.1) is 0 Å². The van der Waals surface area contributed by atoms with Crippen LogP contribution in [-0.4, -0.2) is 47.8 Å². The van der Waals surface area contributed by atoms with Crippen LogP contribution < -0.4 is 5.32 Å². The van der Waals surface area contributed by atoms with Crippen LogP contribution in [0.1, 0.15) is 26.3 Å². The lowest BCUT2D eigenvalue weighted by atomic mass is 10.1. The van der Waals surface area contributed by atoms with Gasteiger partial charge in [-0.3, -0.25) is 14.5 Å². The third-order valence-corrected chi connectivity index (χ3v) is 5.45. The maximum atomic E-state index is 13.9. The number of anilines is 1. The van der Waals surface area contributed by atoms with Gasteiger partial charge >= 0.3 is 0 Å². The highest BCUT2D eigenvalue weighted by Crippen LogP contribution is 2.20. The molecule has 0 aliphatic carbocycles. The molecule has 1 N–H and O–H groups in total. The van der Waals surface area contributed by atoms with Crippen molar-refractivity contribution in [1.29, 1.82) is 0 Å². The van der Waals surface area contributed by atoms with Gasteiger partial charge < -0.3 is 10.2 Å². The molecular formula is C25H24FN3O2. The standard InChI is InChI=1S/C25H24FN3O2/c26-22-12-6-4-10-20(22)18-28-14-16-29(17-15-28)25(31)21-11-5-7-13-23(21)27-24(30)19-8-2-1-3-9-19/h1-13H,14-18H2,(H,27,30). The van der Waals surface area contributed by atoms with Gasteiger partial charge in [0.1, 0.15) is 5.82 Å². The minimum Gasteiger partial charge on any atom is -0.336 e. The van der Waals surface area contributed by atoms with Gasteiger partial charge in [0.2, 0.25) is 0 Å². The molecule has 0 bridgehead atoms. The quantitative estimate of drug-likeness (QED) is 0.682. The maximum Gasteiger partial charge on any atom is 0.256 e. The van der Waals surface area contributed by atoms with E-state index >= 15 is 0 Å². The summed E-state index contributed by atoms with van der Waals surface area (Å²) in [6, 6.07) is 22.7. The molecule has 5 nitrogen and oxygen atoms in total. The molecule has 3 aromatic carbocycles. The number of hydrogen-bond donors (Lipinski definition) is 1. The molecule has 1 aliphatic heterocycles. The van der Waals surface area contributed by atoms with Crippen LogP contribution in [0.3, 0.4) is 0 Å². The lowest BCUT2D eigenvalue weighted by molar-refractivity contribution is 0.0628. The summed E-state index contributed by atoms with van der Waals surface area (Å²) >= 11 is 0. The van der Waals surface area contributed by atoms with Gasteiger partial charge in [-0.25, -0.2) is 4.39 Å². The van der Waals surface area contributed by atoms with Crippen molar-refractivity contribution in [2.24, 2.45) is 0 Å². The van der Waals surface area contributed by atoms with Crippen molar-refractivity contribution in [3.63, 3.8) is 0 Å². The number of halogens is 1. The zero-order valence-corrected chi connectivity index (χ0v) is 17.1. The Kier molecular flexibility index (Phi) is 6.38. The third kappa shape index (κ3) is 4.98. The number of benzene rings is 3. The number of nitrogens with one attached hydrogen (secondary N) is 1. The number of hydrogen-bond acceptors (Lipinski definition) is 3. The minimum atomic E-state index is -0.254. The van der Waals surface area contributed by atoms with Crippen LogP contribution in [0, 0.1) is 5.82 Å². The second-order valence-corrected chi connectivity index (χ2v) is 7.53. The van der Waals surface area contributed by atoms with E-state index in [1.807, 2.05) is 12.1 Å². The van der Waals surface area contributed by atoms with E-state index in [2.05, 4.69) is 10.2 Å². The molecule has 0 aromatic heterocycles. The first-order chi connectivity index (χ1) is 15.1. The molecule has 4 rings (SSSR count). The SMILES string of the molecule is O=C(Nc1ccccc1C(=O)N1CCN(Cc2ccccc2F)CC1)c1ccccc1. The van der Waals surface area contributed by atoms with Crippen molar-refractivity contribution in [2.75, 3.05) is 31.5 Å². The Balaban J connectivity index is 1.40. The first-order valence-electron chi connectivity index (χ1n) is 10.3. The fraction of sp³-hybridized carbons (Fsp3) is 0.200. The number of amides is 2. The van der Waals surface area contributed by atoms with Crippen LogP contribution in [0.4, 0.5) is 10.1 Å². The average molecular weight is 417 g/mol. The summed E-state index contributed by atoms with van der Waals surface area (Å²) in [5, 5.41) is 2.86. The van der Waals surface area contributed by atoms with E-state index in [0.717, 1.165) is 0 Å². The first kappa shape index (κ1) is 20.8. The maximum absolute atomic E-state index is 13.9. The van der Waals surface area contributed by atoms with Crippen molar-refractivity contribution < 1.29 is 14.0 Å². The molecule has 0 radical (unpaired) electrons. The van der Waals surface area contributed by atoms with E-state index in [9.17, 15) is 14.0 Å². The summed E-state index contributed by atoms with van der Waals surface area (Å²) in [6.45, 7) is 2.96. The first-order valence-corrected chi connectivity index (χ1v) is 10.3. The lowest BCUT2D eigenvalue weighted by Crippen LogP contribution is -2.48. The summed E-state index contributed by atoms with van der Waals surface area (Å²) in [7, 11) is 0. The number of rotatable bonds is 5. The second kappa shape index (κ2) is 9.53. The Bertz CT molecular complexity index is 1060. The van der Waals surface area contributed by atoms with E-state index in [0.29, 0.717) is 55.1 Å². The summed E-state index contributed by atoms with van der Waals surface area (Å²) in [5.41, 5.74) is 2.16. The molecular weight excluding hydrogens is 393 g/mol. The number of nitrogens with zero attached hydrogens (tertiary/aromatic N) is 2. The molecule has 2 amide bonds. The van der Waals surface area contributed by atoms with Gasteiger partial charge in [-0.2, -0.15) is 0 Å². The van der Waals surface area contributed by atoms with E-state index in [-0.39, 0.29) is 17.6 Å². The van der Waals surface area contributed by atoms with E-state index in [1.54, 1.807) is 65.6 Å². The predicted molar refractivity (Wildman–Crippen MR) is 118 cm³/mol. The lowest BCUT2D eigenvalue weighted by Gasteiger charge is -2.35. The van der Waals surface area contributed by atoms with Crippen molar-refractivity contribution in [3.05, 3.63) is 101 Å². The molecule has 0 spiro atoms. The number of piperazine rings is 1. The summed E-state index contributed by atoms with van der Waals surface area (Å²) in [5.74, 6) is -0.575. The molecule has 0 atom stereocenters. The normalized spacial score (nSPS) is 14.3. The van der Waals surface area contributed by atoms with E-state index in [4.69, 9.17) is 0 Å². The number of carbonyl (C=O) groups excluding carboxylic acids is 2. The largest absolute Gasteiger partial charge is 0.336 e. The smallest absolute Gasteiger partial charge is 0.256 e.